The first-order valence-electron chi connectivity index (χ1n) is 5.76. The molecule has 1 rings (SSSR count). The molecule has 0 atom stereocenters. The summed E-state index contributed by atoms with van der Waals surface area (Å²) >= 11 is 0. The van der Waals surface area contributed by atoms with Crippen LogP contribution < -0.4 is 9.47 Å². The molecule has 1 aromatic rings. The molecular weight excluding hydrogens is 248 g/mol. The van der Waals surface area contributed by atoms with E-state index in [4.69, 9.17) is 14.7 Å². The van der Waals surface area contributed by atoms with E-state index in [9.17, 15) is 10.1 Å². The van der Waals surface area contributed by atoms with Crippen molar-refractivity contribution in [3.63, 3.8) is 0 Å². The fourth-order valence-electron chi connectivity index (χ4n) is 1.36. The Labute approximate surface area is 111 Å². The van der Waals surface area contributed by atoms with Crippen molar-refractivity contribution in [2.24, 2.45) is 5.41 Å². The molecule has 102 valence electrons. The second kappa shape index (κ2) is 6.05. The van der Waals surface area contributed by atoms with Crippen LogP contribution in [-0.2, 0) is 0 Å². The molecule has 0 bridgehead atoms. The van der Waals surface area contributed by atoms with Crippen LogP contribution in [0.5, 0.6) is 11.5 Å². The maximum absolute atomic E-state index is 10.6. The first kappa shape index (κ1) is 14.8. The lowest BCUT2D eigenvalue weighted by Crippen LogP contribution is -2.13. The molecule has 0 heterocycles. The van der Waals surface area contributed by atoms with Crippen LogP contribution in [0.25, 0.3) is 0 Å². The summed E-state index contributed by atoms with van der Waals surface area (Å²) < 4.78 is 10.6. The fourth-order valence-corrected chi connectivity index (χ4v) is 1.36. The van der Waals surface area contributed by atoms with Gasteiger partial charge < -0.3 is 9.47 Å². The summed E-state index contributed by atoms with van der Waals surface area (Å²) in [5.74, 6) is 0.741. The van der Waals surface area contributed by atoms with Crippen LogP contribution in [0.3, 0.4) is 0 Å². The van der Waals surface area contributed by atoms with Crippen LogP contribution in [0, 0.1) is 26.9 Å². The van der Waals surface area contributed by atoms with E-state index in [1.54, 1.807) is 0 Å². The molecule has 1 aromatic carbocycles. The zero-order valence-corrected chi connectivity index (χ0v) is 11.2. The van der Waals surface area contributed by atoms with Crippen molar-refractivity contribution in [1.82, 2.24) is 0 Å². The molecule has 0 aliphatic rings. The van der Waals surface area contributed by atoms with Gasteiger partial charge in [0.15, 0.2) is 11.5 Å². The summed E-state index contributed by atoms with van der Waals surface area (Å²) in [6.07, 6.45) is 0.559. The summed E-state index contributed by atoms with van der Waals surface area (Å²) in [6.45, 7) is 3.99. The number of benzene rings is 1. The first-order chi connectivity index (χ1) is 8.89. The number of methoxy groups -OCH3 is 1. The van der Waals surface area contributed by atoms with E-state index in [0.29, 0.717) is 24.5 Å². The van der Waals surface area contributed by atoms with Crippen molar-refractivity contribution >= 4 is 5.69 Å². The number of nitro benzene ring substituents is 1. The van der Waals surface area contributed by atoms with Crippen LogP contribution in [0.4, 0.5) is 5.69 Å². The normalized spacial score (nSPS) is 10.6. The third-order valence-electron chi connectivity index (χ3n) is 2.65. The summed E-state index contributed by atoms with van der Waals surface area (Å²) in [6, 6.07) is 6.34. The van der Waals surface area contributed by atoms with Gasteiger partial charge in [0.05, 0.1) is 36.2 Å². The molecule has 0 aliphatic heterocycles. The highest BCUT2D eigenvalue weighted by Gasteiger charge is 2.17. The van der Waals surface area contributed by atoms with Gasteiger partial charge in [-0.3, -0.25) is 10.1 Å². The Morgan fingerprint density at radius 3 is 2.63 bits per heavy atom. The van der Waals surface area contributed by atoms with E-state index < -0.39 is 10.3 Å². The number of non-ortho nitro benzene ring substituents is 1. The molecule has 0 unspecified atom stereocenters. The van der Waals surface area contributed by atoms with Gasteiger partial charge in [0.1, 0.15) is 0 Å². The number of ether oxygens (including phenoxy) is 2. The minimum absolute atomic E-state index is 0.0541. The predicted molar refractivity (Wildman–Crippen MR) is 69.2 cm³/mol. The number of hydrogen-bond acceptors (Lipinski definition) is 5. The smallest absolute Gasteiger partial charge is 0.273 e. The molecular formula is C13H16N2O4. The van der Waals surface area contributed by atoms with Crippen molar-refractivity contribution in [1.29, 1.82) is 5.26 Å². The Morgan fingerprint density at radius 2 is 2.11 bits per heavy atom. The van der Waals surface area contributed by atoms with Gasteiger partial charge in [-0.05, 0) is 26.3 Å². The second-order valence-corrected chi connectivity index (χ2v) is 4.69. The topological polar surface area (TPSA) is 85.4 Å². The zero-order chi connectivity index (χ0) is 14.5. The van der Waals surface area contributed by atoms with Gasteiger partial charge in [-0.2, -0.15) is 5.26 Å². The molecule has 0 radical (unpaired) electrons. The molecule has 0 aromatic heterocycles. The van der Waals surface area contributed by atoms with Crippen LogP contribution in [0.15, 0.2) is 18.2 Å². The van der Waals surface area contributed by atoms with E-state index in [-0.39, 0.29) is 5.69 Å². The van der Waals surface area contributed by atoms with Crippen molar-refractivity contribution in [3.05, 3.63) is 28.3 Å². The molecule has 0 saturated heterocycles. The highest BCUT2D eigenvalue weighted by molar-refractivity contribution is 5.48. The van der Waals surface area contributed by atoms with Gasteiger partial charge in [-0.25, -0.2) is 0 Å². The highest BCUT2D eigenvalue weighted by atomic mass is 16.6. The average molecular weight is 264 g/mol. The van der Waals surface area contributed by atoms with Crippen LogP contribution in [-0.4, -0.2) is 18.6 Å². The van der Waals surface area contributed by atoms with E-state index in [1.807, 2.05) is 13.8 Å². The molecule has 0 fully saturated rings. The quantitative estimate of drug-likeness (QED) is 0.582. The Hall–Kier alpha value is -2.29. The predicted octanol–water partition coefficient (Wildman–Crippen LogP) is 2.92. The molecule has 0 aliphatic carbocycles. The average Bonchev–Trinajstić information content (AvgIpc) is 2.38. The number of nitriles is 1. The molecule has 19 heavy (non-hydrogen) atoms. The van der Waals surface area contributed by atoms with Crippen LogP contribution in [0.2, 0.25) is 0 Å². The Kier molecular flexibility index (Phi) is 4.70. The SMILES string of the molecule is COc1cc([N+](=O)[O-])ccc1OCCC(C)(C)C#N. The minimum Gasteiger partial charge on any atom is -0.493 e. The molecule has 6 heteroatoms. The van der Waals surface area contributed by atoms with Gasteiger partial charge in [0, 0.05) is 6.07 Å². The van der Waals surface area contributed by atoms with Crippen LogP contribution in [0.1, 0.15) is 20.3 Å². The molecule has 0 spiro atoms. The number of hydrogen-bond donors (Lipinski definition) is 0. The molecule has 0 N–H and O–H groups in total. The van der Waals surface area contributed by atoms with Crippen molar-refractivity contribution in [3.8, 4) is 17.6 Å². The van der Waals surface area contributed by atoms with E-state index in [0.717, 1.165) is 0 Å². The van der Waals surface area contributed by atoms with Gasteiger partial charge in [0.25, 0.3) is 5.69 Å². The van der Waals surface area contributed by atoms with Crippen molar-refractivity contribution in [2.45, 2.75) is 20.3 Å². The number of rotatable bonds is 6. The monoisotopic (exact) mass is 264 g/mol. The number of nitrogens with zero attached hydrogens (tertiary/aromatic N) is 2. The summed E-state index contributed by atoms with van der Waals surface area (Å²) in [7, 11) is 1.42. The van der Waals surface area contributed by atoms with E-state index in [2.05, 4.69) is 6.07 Å². The lowest BCUT2D eigenvalue weighted by atomic mass is 9.92. The van der Waals surface area contributed by atoms with Crippen molar-refractivity contribution in [2.75, 3.05) is 13.7 Å². The maximum Gasteiger partial charge on any atom is 0.273 e. The summed E-state index contributed by atoms with van der Waals surface area (Å²) in [5.41, 5.74) is -0.518. The Bertz CT molecular complexity index is 506. The van der Waals surface area contributed by atoms with Crippen molar-refractivity contribution < 1.29 is 14.4 Å². The second-order valence-electron chi connectivity index (χ2n) is 4.69. The molecule has 0 amide bonds. The largest absolute Gasteiger partial charge is 0.493 e. The summed E-state index contributed by atoms with van der Waals surface area (Å²) in [5, 5.41) is 19.5. The highest BCUT2D eigenvalue weighted by Crippen LogP contribution is 2.31. The molecule has 0 saturated carbocycles. The van der Waals surface area contributed by atoms with Gasteiger partial charge >= 0.3 is 0 Å². The lowest BCUT2D eigenvalue weighted by Gasteiger charge is -2.16. The Morgan fingerprint density at radius 1 is 1.42 bits per heavy atom. The third kappa shape index (κ3) is 4.14. The standard InChI is InChI=1S/C13H16N2O4/c1-13(2,9-14)6-7-19-11-5-4-10(15(16)17)8-12(11)18-3/h4-5,8H,6-7H2,1-3H3. The Balaban J connectivity index is 2.74. The summed E-state index contributed by atoms with van der Waals surface area (Å²) in [4.78, 5) is 10.1. The third-order valence-corrected chi connectivity index (χ3v) is 2.65. The minimum atomic E-state index is -0.495. The first-order valence-corrected chi connectivity index (χ1v) is 5.76. The molecule has 6 nitrogen and oxygen atoms in total. The van der Waals surface area contributed by atoms with Gasteiger partial charge in [0.2, 0.25) is 0 Å². The maximum atomic E-state index is 10.6. The van der Waals surface area contributed by atoms with Gasteiger partial charge in [-0.1, -0.05) is 0 Å². The van der Waals surface area contributed by atoms with Gasteiger partial charge in [-0.15, -0.1) is 0 Å². The number of nitro groups is 1. The lowest BCUT2D eigenvalue weighted by molar-refractivity contribution is -0.385. The zero-order valence-electron chi connectivity index (χ0n) is 11.2. The van der Waals surface area contributed by atoms with E-state index in [1.165, 1.54) is 25.3 Å². The van der Waals surface area contributed by atoms with Crippen LogP contribution >= 0.6 is 0 Å². The van der Waals surface area contributed by atoms with E-state index >= 15 is 0 Å². The fraction of sp³-hybridized carbons (Fsp3) is 0.462.